The first kappa shape index (κ1) is 24.5. The molecule has 5 nitrogen and oxygen atoms in total. The molecule has 178 valence electrons. The van der Waals surface area contributed by atoms with E-state index in [1.165, 1.54) is 0 Å². The third-order valence-electron chi connectivity index (χ3n) is 5.16. The zero-order valence-electron chi connectivity index (χ0n) is 19.1. The monoisotopic (exact) mass is 506 g/mol. The van der Waals surface area contributed by atoms with Crippen molar-refractivity contribution in [3.8, 4) is 17.2 Å². The number of carbonyl (C=O) groups excluding carboxylic acids is 1. The van der Waals surface area contributed by atoms with Crippen LogP contribution in [0.4, 0.5) is 11.4 Å². The number of ether oxygens (including phenoxy) is 2. The maximum atomic E-state index is 12.3. The summed E-state index contributed by atoms with van der Waals surface area (Å²) in [6.45, 7) is 2.30. The smallest absolute Gasteiger partial charge is 0.262 e. The Morgan fingerprint density at radius 3 is 2.34 bits per heavy atom. The summed E-state index contributed by atoms with van der Waals surface area (Å²) in [5, 5.41) is 7.14. The first-order valence-electron chi connectivity index (χ1n) is 11.0. The van der Waals surface area contributed by atoms with Gasteiger partial charge in [-0.1, -0.05) is 53.5 Å². The lowest BCUT2D eigenvalue weighted by atomic mass is 10.2. The van der Waals surface area contributed by atoms with Gasteiger partial charge in [-0.3, -0.25) is 4.79 Å². The number of nitrogens with one attached hydrogen (secondary N) is 2. The molecule has 0 aliphatic rings. The first-order valence-corrected chi connectivity index (χ1v) is 11.8. The summed E-state index contributed by atoms with van der Waals surface area (Å²) in [4.78, 5) is 12.3. The molecule has 35 heavy (non-hydrogen) atoms. The predicted octanol–water partition coefficient (Wildman–Crippen LogP) is 7.72. The third kappa shape index (κ3) is 7.15. The molecule has 4 aromatic rings. The highest BCUT2D eigenvalue weighted by Gasteiger charge is 2.09. The number of halogens is 2. The highest BCUT2D eigenvalue weighted by Crippen LogP contribution is 2.27. The van der Waals surface area contributed by atoms with Crippen molar-refractivity contribution in [2.24, 2.45) is 0 Å². The van der Waals surface area contributed by atoms with E-state index >= 15 is 0 Å². The fourth-order valence-corrected chi connectivity index (χ4v) is 3.73. The molecule has 2 N–H and O–H groups in total. The summed E-state index contributed by atoms with van der Waals surface area (Å²) in [6.07, 6.45) is 0. The van der Waals surface area contributed by atoms with E-state index in [4.69, 9.17) is 32.7 Å². The number of anilines is 2. The molecule has 4 aromatic carbocycles. The molecule has 0 saturated carbocycles. The number of para-hydroxylation sites is 1. The number of aryl methyl sites for hydroxylation is 1. The van der Waals surface area contributed by atoms with Crippen LogP contribution in [0, 0.1) is 6.92 Å². The summed E-state index contributed by atoms with van der Waals surface area (Å²) in [7, 11) is 0. The van der Waals surface area contributed by atoms with E-state index < -0.39 is 0 Å². The molecule has 0 aliphatic heterocycles. The van der Waals surface area contributed by atoms with Gasteiger partial charge in [-0.05, 0) is 78.7 Å². The van der Waals surface area contributed by atoms with E-state index in [1.54, 1.807) is 18.2 Å². The van der Waals surface area contributed by atoms with Crippen LogP contribution in [0.3, 0.4) is 0 Å². The minimum Gasteiger partial charge on any atom is -0.482 e. The predicted molar refractivity (Wildman–Crippen MR) is 142 cm³/mol. The number of amides is 1. The van der Waals surface area contributed by atoms with Crippen molar-refractivity contribution in [1.29, 1.82) is 0 Å². The van der Waals surface area contributed by atoms with Crippen molar-refractivity contribution < 1.29 is 14.3 Å². The molecule has 0 aromatic heterocycles. The molecule has 7 heteroatoms. The first-order chi connectivity index (χ1) is 17.0. The number of carbonyl (C=O) groups is 1. The van der Waals surface area contributed by atoms with E-state index in [-0.39, 0.29) is 12.5 Å². The largest absolute Gasteiger partial charge is 0.482 e. The van der Waals surface area contributed by atoms with Crippen LogP contribution in [-0.2, 0) is 11.3 Å². The molecule has 0 aliphatic carbocycles. The molecule has 0 bridgehead atoms. The average Bonchev–Trinajstić information content (AvgIpc) is 2.86. The summed E-state index contributed by atoms with van der Waals surface area (Å²) < 4.78 is 11.4. The highest BCUT2D eigenvalue weighted by molar-refractivity contribution is 6.32. The minimum absolute atomic E-state index is 0.166. The van der Waals surface area contributed by atoms with E-state index in [0.717, 1.165) is 28.3 Å². The minimum atomic E-state index is -0.295. The maximum Gasteiger partial charge on any atom is 0.262 e. The fourth-order valence-electron chi connectivity index (χ4n) is 3.30. The van der Waals surface area contributed by atoms with Crippen LogP contribution >= 0.6 is 23.2 Å². The molecule has 0 spiro atoms. The molecule has 0 atom stereocenters. The van der Waals surface area contributed by atoms with E-state index in [1.807, 2.05) is 79.7 Å². The Kier molecular flexibility index (Phi) is 8.14. The second-order valence-corrected chi connectivity index (χ2v) is 8.70. The summed E-state index contributed by atoms with van der Waals surface area (Å²) >= 11 is 12.4. The molecule has 0 heterocycles. The van der Waals surface area contributed by atoms with Gasteiger partial charge in [0.1, 0.15) is 17.2 Å². The summed E-state index contributed by atoms with van der Waals surface area (Å²) in [5.74, 6) is 1.70. The Bertz CT molecular complexity index is 1300. The van der Waals surface area contributed by atoms with Crippen molar-refractivity contribution >= 4 is 40.5 Å². The van der Waals surface area contributed by atoms with Gasteiger partial charge in [-0.15, -0.1) is 0 Å². The van der Waals surface area contributed by atoms with E-state index in [9.17, 15) is 4.79 Å². The molecule has 4 rings (SSSR count). The average molecular weight is 507 g/mol. The van der Waals surface area contributed by atoms with E-state index in [0.29, 0.717) is 28.0 Å². The van der Waals surface area contributed by atoms with Crippen molar-refractivity contribution in [3.63, 3.8) is 0 Å². The maximum absolute atomic E-state index is 12.3. The zero-order chi connectivity index (χ0) is 24.6. The lowest BCUT2D eigenvalue weighted by molar-refractivity contribution is -0.118. The van der Waals surface area contributed by atoms with Crippen molar-refractivity contribution in [2.45, 2.75) is 13.5 Å². The number of hydrogen-bond acceptors (Lipinski definition) is 4. The Balaban J connectivity index is 1.27. The van der Waals surface area contributed by atoms with Crippen molar-refractivity contribution in [3.05, 3.63) is 112 Å². The second kappa shape index (κ2) is 11.6. The van der Waals surface area contributed by atoms with Crippen LogP contribution in [0.15, 0.2) is 91.0 Å². The van der Waals surface area contributed by atoms with Gasteiger partial charge in [-0.25, -0.2) is 0 Å². The number of rotatable bonds is 9. The fraction of sp³-hybridized carbons (Fsp3) is 0.107. The number of benzene rings is 4. The van der Waals surface area contributed by atoms with Crippen LogP contribution < -0.4 is 20.1 Å². The standard InChI is InChI=1S/C28H24Cl2N2O3/c1-19-7-9-21(29)16-26(19)32-28(33)18-34-27-14-8-20(15-25(27)30)17-31-22-10-12-24(13-11-22)35-23-5-3-2-4-6-23/h2-16,31H,17-18H2,1H3,(H,32,33). The normalized spacial score (nSPS) is 10.5. The summed E-state index contributed by atoms with van der Waals surface area (Å²) in [5.41, 5.74) is 3.50. The van der Waals surface area contributed by atoms with Gasteiger partial charge >= 0.3 is 0 Å². The van der Waals surface area contributed by atoms with Crippen LogP contribution in [-0.4, -0.2) is 12.5 Å². The van der Waals surface area contributed by atoms with Crippen LogP contribution in [0.1, 0.15) is 11.1 Å². The lowest BCUT2D eigenvalue weighted by Gasteiger charge is -2.12. The zero-order valence-corrected chi connectivity index (χ0v) is 20.6. The molecule has 0 fully saturated rings. The SMILES string of the molecule is Cc1ccc(Cl)cc1NC(=O)COc1ccc(CNc2ccc(Oc3ccccc3)cc2)cc1Cl. The van der Waals surface area contributed by atoms with Crippen LogP contribution in [0.2, 0.25) is 10.0 Å². The molecule has 0 unspecified atom stereocenters. The van der Waals surface area contributed by atoms with Gasteiger partial charge in [0.15, 0.2) is 6.61 Å². The number of hydrogen-bond donors (Lipinski definition) is 2. The lowest BCUT2D eigenvalue weighted by Crippen LogP contribution is -2.20. The Labute approximate surface area is 214 Å². The topological polar surface area (TPSA) is 59.6 Å². The van der Waals surface area contributed by atoms with E-state index in [2.05, 4.69) is 10.6 Å². The molecule has 0 radical (unpaired) electrons. The van der Waals surface area contributed by atoms with Crippen molar-refractivity contribution in [2.75, 3.05) is 17.2 Å². The summed E-state index contributed by atoms with van der Waals surface area (Å²) in [6, 6.07) is 28.2. The Morgan fingerprint density at radius 2 is 1.60 bits per heavy atom. The molecule has 0 saturated heterocycles. The Hall–Kier alpha value is -3.67. The van der Waals surface area contributed by atoms with Gasteiger partial charge in [0, 0.05) is 22.9 Å². The van der Waals surface area contributed by atoms with Gasteiger partial charge < -0.3 is 20.1 Å². The molecular formula is C28H24Cl2N2O3. The highest BCUT2D eigenvalue weighted by atomic mass is 35.5. The molecular weight excluding hydrogens is 483 g/mol. The quantitative estimate of drug-likeness (QED) is 0.244. The Morgan fingerprint density at radius 1 is 0.857 bits per heavy atom. The van der Waals surface area contributed by atoms with Crippen LogP contribution in [0.25, 0.3) is 0 Å². The van der Waals surface area contributed by atoms with Crippen molar-refractivity contribution in [1.82, 2.24) is 0 Å². The third-order valence-corrected chi connectivity index (χ3v) is 5.69. The van der Waals surface area contributed by atoms with Gasteiger partial charge in [-0.2, -0.15) is 0 Å². The second-order valence-electron chi connectivity index (χ2n) is 7.85. The van der Waals surface area contributed by atoms with Gasteiger partial charge in [0.2, 0.25) is 0 Å². The van der Waals surface area contributed by atoms with Gasteiger partial charge in [0.05, 0.1) is 5.02 Å². The van der Waals surface area contributed by atoms with Crippen LogP contribution in [0.5, 0.6) is 17.2 Å². The van der Waals surface area contributed by atoms with Gasteiger partial charge in [0.25, 0.3) is 5.91 Å². The molecule has 1 amide bonds.